The number of nitriles is 1. The number of ether oxygens (including phenoxy) is 2. The first-order chi connectivity index (χ1) is 17.5. The molecule has 1 aromatic heterocycles. The number of aryl methyl sites for hydroxylation is 1. The molecule has 0 atom stereocenters. The van der Waals surface area contributed by atoms with Gasteiger partial charge in [0.2, 0.25) is 0 Å². The van der Waals surface area contributed by atoms with Crippen LogP contribution < -0.4 is 9.47 Å². The summed E-state index contributed by atoms with van der Waals surface area (Å²) in [6.45, 7) is 4.85. The molecular weight excluding hydrogens is 514 g/mol. The maximum absolute atomic E-state index is 9.86. The van der Waals surface area contributed by atoms with E-state index in [1.54, 1.807) is 6.08 Å². The number of benzene rings is 4. The van der Waals surface area contributed by atoms with Crippen LogP contribution in [0.2, 0.25) is 0 Å². The number of nitrogens with one attached hydrogen (secondary N) is 1. The SMILES string of the molecule is CCOc1cc(/C=C(/C#N)c2nc3ccc(C)cc3[nH]2)cc(Br)c1OCc1ccc2ccccc2c1. The summed E-state index contributed by atoms with van der Waals surface area (Å²) in [4.78, 5) is 7.85. The predicted octanol–water partition coefficient (Wildman–Crippen LogP) is 7.83. The van der Waals surface area contributed by atoms with Crippen LogP contribution in [0.3, 0.4) is 0 Å². The third kappa shape index (κ3) is 4.98. The molecule has 5 aromatic rings. The lowest BCUT2D eigenvalue weighted by atomic mass is 10.1. The van der Waals surface area contributed by atoms with Crippen LogP contribution in [0.15, 0.2) is 77.3 Å². The number of halogens is 1. The van der Waals surface area contributed by atoms with Crippen molar-refractivity contribution in [2.75, 3.05) is 6.61 Å². The van der Waals surface area contributed by atoms with Gasteiger partial charge < -0.3 is 14.5 Å². The molecule has 0 aliphatic carbocycles. The summed E-state index contributed by atoms with van der Waals surface area (Å²) in [7, 11) is 0. The fourth-order valence-corrected chi connectivity index (χ4v) is 4.70. The molecule has 5 nitrogen and oxygen atoms in total. The zero-order chi connectivity index (χ0) is 25.1. The molecule has 0 fully saturated rings. The Kier molecular flexibility index (Phi) is 6.75. The summed E-state index contributed by atoms with van der Waals surface area (Å²) in [5, 5.41) is 12.2. The van der Waals surface area contributed by atoms with E-state index in [-0.39, 0.29) is 0 Å². The Morgan fingerprint density at radius 3 is 2.67 bits per heavy atom. The lowest BCUT2D eigenvalue weighted by molar-refractivity contribution is 0.267. The molecular formula is C30H24BrN3O2. The van der Waals surface area contributed by atoms with Gasteiger partial charge in [-0.05, 0) is 93.6 Å². The molecule has 5 rings (SSSR count). The highest BCUT2D eigenvalue weighted by Crippen LogP contribution is 2.38. The van der Waals surface area contributed by atoms with Gasteiger partial charge >= 0.3 is 0 Å². The van der Waals surface area contributed by atoms with Gasteiger partial charge in [-0.2, -0.15) is 5.26 Å². The van der Waals surface area contributed by atoms with Crippen molar-refractivity contribution in [2.45, 2.75) is 20.5 Å². The highest BCUT2D eigenvalue weighted by molar-refractivity contribution is 9.10. The molecule has 0 spiro atoms. The van der Waals surface area contributed by atoms with E-state index in [0.717, 1.165) is 32.2 Å². The van der Waals surface area contributed by atoms with Crippen molar-refractivity contribution in [1.29, 1.82) is 5.26 Å². The van der Waals surface area contributed by atoms with E-state index < -0.39 is 0 Å². The van der Waals surface area contributed by atoms with E-state index in [2.05, 4.69) is 62.3 Å². The van der Waals surface area contributed by atoms with Gasteiger partial charge in [0.1, 0.15) is 18.5 Å². The molecule has 0 aliphatic rings. The average molecular weight is 538 g/mol. The highest BCUT2D eigenvalue weighted by Gasteiger charge is 2.14. The quantitative estimate of drug-likeness (QED) is 0.215. The molecule has 0 saturated carbocycles. The Morgan fingerprint density at radius 2 is 1.86 bits per heavy atom. The Balaban J connectivity index is 1.44. The number of hydrogen-bond acceptors (Lipinski definition) is 4. The van der Waals surface area contributed by atoms with Crippen LogP contribution in [0, 0.1) is 18.3 Å². The van der Waals surface area contributed by atoms with Gasteiger partial charge in [-0.25, -0.2) is 4.98 Å². The van der Waals surface area contributed by atoms with E-state index in [9.17, 15) is 5.26 Å². The first-order valence-corrected chi connectivity index (χ1v) is 12.5. The second-order valence-electron chi connectivity index (χ2n) is 8.51. The number of fused-ring (bicyclic) bond motifs is 2. The maximum atomic E-state index is 9.86. The van der Waals surface area contributed by atoms with Crippen molar-refractivity contribution < 1.29 is 9.47 Å². The topological polar surface area (TPSA) is 70.9 Å². The molecule has 0 unspecified atom stereocenters. The van der Waals surface area contributed by atoms with Crippen LogP contribution in [0.1, 0.15) is 29.4 Å². The molecule has 0 aliphatic heterocycles. The van der Waals surface area contributed by atoms with Crippen LogP contribution >= 0.6 is 15.9 Å². The van der Waals surface area contributed by atoms with E-state index in [0.29, 0.717) is 36.1 Å². The van der Waals surface area contributed by atoms with Crippen LogP contribution in [-0.2, 0) is 6.61 Å². The summed E-state index contributed by atoms with van der Waals surface area (Å²) in [6, 6.07) is 26.6. The number of imidazole rings is 1. The minimum absolute atomic E-state index is 0.403. The van der Waals surface area contributed by atoms with Gasteiger partial charge in [-0.1, -0.05) is 42.5 Å². The normalized spacial score (nSPS) is 11.6. The summed E-state index contributed by atoms with van der Waals surface area (Å²) < 4.78 is 12.9. The van der Waals surface area contributed by atoms with E-state index in [4.69, 9.17) is 9.47 Å². The molecule has 1 N–H and O–H groups in total. The van der Waals surface area contributed by atoms with Crippen molar-refractivity contribution in [1.82, 2.24) is 9.97 Å². The van der Waals surface area contributed by atoms with Crippen LogP contribution in [0.5, 0.6) is 11.5 Å². The van der Waals surface area contributed by atoms with Crippen LogP contribution in [0.25, 0.3) is 33.5 Å². The van der Waals surface area contributed by atoms with Gasteiger partial charge in [0.15, 0.2) is 11.5 Å². The number of aromatic amines is 1. The first-order valence-electron chi connectivity index (χ1n) is 11.7. The van der Waals surface area contributed by atoms with Gasteiger partial charge in [0.25, 0.3) is 0 Å². The second-order valence-corrected chi connectivity index (χ2v) is 9.36. The minimum atomic E-state index is 0.403. The number of rotatable bonds is 7. The fraction of sp³-hybridized carbons (Fsp3) is 0.133. The largest absolute Gasteiger partial charge is 0.490 e. The predicted molar refractivity (Wildman–Crippen MR) is 148 cm³/mol. The Bertz CT molecular complexity index is 1650. The van der Waals surface area contributed by atoms with Crippen LogP contribution in [0.4, 0.5) is 0 Å². The third-order valence-corrected chi connectivity index (χ3v) is 6.44. The smallest absolute Gasteiger partial charge is 0.175 e. The molecule has 4 aromatic carbocycles. The first kappa shape index (κ1) is 23.7. The Hall–Kier alpha value is -4.08. The minimum Gasteiger partial charge on any atom is -0.490 e. The second kappa shape index (κ2) is 10.3. The molecule has 0 radical (unpaired) electrons. The Morgan fingerprint density at radius 1 is 1.03 bits per heavy atom. The van der Waals surface area contributed by atoms with E-state index in [1.807, 2.05) is 56.3 Å². The number of H-pyrrole nitrogens is 1. The fourth-order valence-electron chi connectivity index (χ4n) is 4.13. The number of nitrogens with zero attached hydrogens (tertiary/aromatic N) is 2. The lowest BCUT2D eigenvalue weighted by Gasteiger charge is -2.15. The summed E-state index contributed by atoms with van der Waals surface area (Å²) in [6.07, 6.45) is 1.80. The Labute approximate surface area is 218 Å². The van der Waals surface area contributed by atoms with E-state index in [1.165, 1.54) is 10.8 Å². The van der Waals surface area contributed by atoms with Gasteiger partial charge in [-0.15, -0.1) is 0 Å². The van der Waals surface area contributed by atoms with Gasteiger partial charge in [0.05, 0.1) is 27.7 Å². The molecule has 0 saturated heterocycles. The van der Waals surface area contributed by atoms with Crippen molar-refractivity contribution in [3.8, 4) is 17.6 Å². The third-order valence-electron chi connectivity index (χ3n) is 5.85. The van der Waals surface area contributed by atoms with Crippen molar-refractivity contribution in [3.63, 3.8) is 0 Å². The van der Waals surface area contributed by atoms with Crippen molar-refractivity contribution in [3.05, 3.63) is 99.8 Å². The monoisotopic (exact) mass is 537 g/mol. The van der Waals surface area contributed by atoms with Crippen molar-refractivity contribution in [2.24, 2.45) is 0 Å². The highest BCUT2D eigenvalue weighted by atomic mass is 79.9. The van der Waals surface area contributed by atoms with Gasteiger partial charge in [0, 0.05) is 0 Å². The summed E-state index contributed by atoms with van der Waals surface area (Å²) in [5.41, 5.74) is 5.16. The maximum Gasteiger partial charge on any atom is 0.175 e. The number of hydrogen-bond donors (Lipinski definition) is 1. The van der Waals surface area contributed by atoms with E-state index >= 15 is 0 Å². The molecule has 0 amide bonds. The molecule has 1 heterocycles. The molecule has 36 heavy (non-hydrogen) atoms. The average Bonchev–Trinajstić information content (AvgIpc) is 3.30. The molecule has 0 bridgehead atoms. The number of aromatic nitrogens is 2. The standard InChI is InChI=1S/C30H24BrN3O2/c1-3-35-28-16-21(14-24(17-32)30-33-26-11-8-19(2)12-27(26)34-30)15-25(31)29(28)36-18-20-9-10-22-6-4-5-7-23(22)13-20/h4-16H,3,18H2,1-2H3,(H,33,34)/b24-14-. The summed E-state index contributed by atoms with van der Waals surface area (Å²) >= 11 is 3.64. The molecule has 6 heteroatoms. The van der Waals surface area contributed by atoms with Crippen LogP contribution in [-0.4, -0.2) is 16.6 Å². The zero-order valence-electron chi connectivity index (χ0n) is 20.0. The van der Waals surface area contributed by atoms with Gasteiger partial charge in [-0.3, -0.25) is 0 Å². The lowest BCUT2D eigenvalue weighted by Crippen LogP contribution is -2.01. The number of allylic oxidation sites excluding steroid dienone is 1. The summed E-state index contributed by atoms with van der Waals surface area (Å²) in [5.74, 6) is 1.76. The molecule has 178 valence electrons. The zero-order valence-corrected chi connectivity index (χ0v) is 21.6. The van der Waals surface area contributed by atoms with Crippen molar-refractivity contribution >= 4 is 49.4 Å².